The number of aryl methyl sites for hydroxylation is 1. The molecule has 1 amide bonds. The summed E-state index contributed by atoms with van der Waals surface area (Å²) in [6.07, 6.45) is 1.72. The summed E-state index contributed by atoms with van der Waals surface area (Å²) < 4.78 is 0. The normalized spacial score (nSPS) is 10.2. The molecular weight excluding hydrogens is 798 g/mol. The van der Waals surface area contributed by atoms with Crippen LogP contribution in [0.25, 0.3) is 0 Å². The Bertz CT molecular complexity index is 2280. The molecule has 0 aliphatic heterocycles. The van der Waals surface area contributed by atoms with Crippen molar-refractivity contribution in [3.8, 4) is 0 Å². The van der Waals surface area contributed by atoms with Crippen molar-refractivity contribution < 1.29 is 14.7 Å². The summed E-state index contributed by atoms with van der Waals surface area (Å²) in [4.78, 5) is 43.9. The highest BCUT2D eigenvalue weighted by atomic mass is 35.5. The molecule has 6 rings (SSSR count). The van der Waals surface area contributed by atoms with E-state index >= 15 is 0 Å². The van der Waals surface area contributed by atoms with Crippen molar-refractivity contribution in [2.75, 3.05) is 59.7 Å². The number of halogens is 4. The quantitative estimate of drug-likeness (QED) is 0.0874. The van der Waals surface area contributed by atoms with Crippen molar-refractivity contribution in [1.82, 2.24) is 19.9 Å². The molecule has 0 saturated carbocycles. The van der Waals surface area contributed by atoms with Crippen molar-refractivity contribution in [2.24, 2.45) is 0 Å². The number of hydrogen-bond donors (Lipinski definition) is 5. The molecular formula is C39H38Cl4N10O3. The molecule has 6 aromatic rings. The molecule has 0 fully saturated rings. The van der Waals surface area contributed by atoms with Crippen LogP contribution >= 0.6 is 46.4 Å². The zero-order chi connectivity index (χ0) is 40.9. The first-order chi connectivity index (χ1) is 26.6. The predicted octanol–water partition coefficient (Wildman–Crippen LogP) is 9.71. The Labute approximate surface area is 344 Å². The summed E-state index contributed by atoms with van der Waals surface area (Å²) in [6, 6.07) is 27.4. The molecule has 0 unspecified atom stereocenters. The molecule has 0 aliphatic rings. The Morgan fingerprint density at radius 2 is 1.11 bits per heavy atom. The van der Waals surface area contributed by atoms with Crippen molar-refractivity contribution >= 4 is 105 Å². The van der Waals surface area contributed by atoms with E-state index in [0.29, 0.717) is 38.2 Å². The van der Waals surface area contributed by atoms with Gasteiger partial charge in [-0.3, -0.25) is 4.79 Å². The maximum atomic E-state index is 12.3. The van der Waals surface area contributed by atoms with Crippen LogP contribution in [0.15, 0.2) is 103 Å². The van der Waals surface area contributed by atoms with E-state index in [2.05, 4.69) is 35.9 Å². The predicted molar refractivity (Wildman–Crippen MR) is 229 cm³/mol. The number of aromatic nitrogens is 4. The topological polar surface area (TPSA) is 175 Å². The van der Waals surface area contributed by atoms with Gasteiger partial charge in [-0.25, -0.2) is 14.8 Å². The van der Waals surface area contributed by atoms with Crippen LogP contribution in [0.4, 0.5) is 46.3 Å². The first kappa shape index (κ1) is 42.9. The van der Waals surface area contributed by atoms with Crippen molar-refractivity contribution in [1.29, 1.82) is 0 Å². The third-order valence-corrected chi connectivity index (χ3v) is 8.79. The minimum absolute atomic E-state index is 0.138. The smallest absolute Gasteiger partial charge is 0.335 e. The average molecular weight is 837 g/mol. The second kappa shape index (κ2) is 20.2. The van der Waals surface area contributed by atoms with Gasteiger partial charge in [0.05, 0.1) is 25.7 Å². The van der Waals surface area contributed by atoms with Gasteiger partial charge in [-0.05, 0) is 97.9 Å². The van der Waals surface area contributed by atoms with Crippen LogP contribution < -0.4 is 31.5 Å². The van der Waals surface area contributed by atoms with Crippen LogP contribution in [0.5, 0.6) is 0 Å². The van der Waals surface area contributed by atoms with Crippen LogP contribution in [-0.4, -0.2) is 65.1 Å². The fourth-order valence-electron chi connectivity index (χ4n) is 4.43. The van der Waals surface area contributed by atoms with E-state index < -0.39 is 5.97 Å². The Kier molecular flexibility index (Phi) is 15.4. The number of amides is 1. The van der Waals surface area contributed by atoms with Gasteiger partial charge in [-0.2, -0.15) is 9.97 Å². The lowest BCUT2D eigenvalue weighted by Gasteiger charge is -2.14. The fourth-order valence-corrected chi connectivity index (χ4v) is 5.02. The largest absolute Gasteiger partial charge is 0.478 e. The number of hydrogen-bond acceptors (Lipinski definition) is 11. The van der Waals surface area contributed by atoms with E-state index in [1.807, 2.05) is 93.4 Å². The van der Waals surface area contributed by atoms with Crippen LogP contribution in [0.2, 0.25) is 20.1 Å². The van der Waals surface area contributed by atoms with E-state index in [1.165, 1.54) is 24.3 Å². The zero-order valence-electron chi connectivity index (χ0n) is 30.9. The van der Waals surface area contributed by atoms with E-state index in [0.717, 1.165) is 34.4 Å². The lowest BCUT2D eigenvalue weighted by atomic mass is 10.2. The zero-order valence-corrected chi connectivity index (χ0v) is 33.9. The fraction of sp³-hybridized carbons (Fsp3) is 0.128. The number of anilines is 8. The standard InChI is InChI=1S/C20H19Cl2N5O.C12H15N5.C7H4Cl2O2/c1-12-10-18(27(2)3)26-20(23-12)25-15-7-5-14(6-8-15)24-19(28)13-4-9-16(21)17(22)11-13;1-17(2)11-7-8-14-12(16-11)15-10-5-3-9(13)4-6-10;8-5-2-1-4(7(10)11)3-6(5)9/h4-11H,1-3H3,(H,24,28)(H,23,25,26);3-8H,13H2,1-2H3,(H,14,15,16);1-3H,(H,10,11). The Morgan fingerprint density at radius 1 is 0.607 bits per heavy atom. The maximum Gasteiger partial charge on any atom is 0.335 e. The Morgan fingerprint density at radius 3 is 1.66 bits per heavy atom. The van der Waals surface area contributed by atoms with E-state index in [1.54, 1.807) is 30.5 Å². The minimum Gasteiger partial charge on any atom is -0.478 e. The summed E-state index contributed by atoms with van der Waals surface area (Å²) in [7, 11) is 7.73. The Hall–Kier alpha value is -5.86. The third-order valence-electron chi connectivity index (χ3n) is 7.31. The summed E-state index contributed by atoms with van der Waals surface area (Å²) in [5.74, 6) is 1.48. The number of aromatic carboxylic acids is 1. The van der Waals surface area contributed by atoms with E-state index in [9.17, 15) is 9.59 Å². The number of carboxylic acids is 1. The molecule has 0 bridgehead atoms. The monoisotopic (exact) mass is 834 g/mol. The van der Waals surface area contributed by atoms with Gasteiger partial charge >= 0.3 is 5.97 Å². The highest BCUT2D eigenvalue weighted by Gasteiger charge is 2.10. The van der Waals surface area contributed by atoms with Gasteiger partial charge in [-0.1, -0.05) is 46.4 Å². The Balaban J connectivity index is 0.000000210. The number of benzene rings is 4. The first-order valence-corrected chi connectivity index (χ1v) is 18.1. The van der Waals surface area contributed by atoms with Gasteiger partial charge in [0.2, 0.25) is 11.9 Å². The molecule has 0 aliphatic carbocycles. The summed E-state index contributed by atoms with van der Waals surface area (Å²) >= 11 is 23.0. The third kappa shape index (κ3) is 13.2. The van der Waals surface area contributed by atoms with Gasteiger partial charge in [0.1, 0.15) is 11.6 Å². The molecule has 6 N–H and O–H groups in total. The van der Waals surface area contributed by atoms with Gasteiger partial charge in [0.25, 0.3) is 5.91 Å². The number of rotatable bonds is 9. The number of nitrogens with zero attached hydrogens (tertiary/aromatic N) is 6. The highest BCUT2D eigenvalue weighted by molar-refractivity contribution is 6.42. The van der Waals surface area contributed by atoms with Gasteiger partial charge in [-0.15, -0.1) is 0 Å². The second-order valence-corrected chi connectivity index (χ2v) is 13.8. The molecule has 4 aromatic carbocycles. The van der Waals surface area contributed by atoms with Crippen molar-refractivity contribution in [3.05, 3.63) is 140 Å². The number of nitrogens with two attached hydrogens (primary N) is 1. The lowest BCUT2D eigenvalue weighted by Crippen LogP contribution is -2.13. The number of carboxylic acid groups (broad SMARTS) is 1. The van der Waals surface area contributed by atoms with E-state index in [4.69, 9.17) is 57.2 Å². The molecule has 2 aromatic heterocycles. The number of carbonyl (C=O) groups is 2. The molecule has 0 atom stereocenters. The van der Waals surface area contributed by atoms with Crippen molar-refractivity contribution in [2.45, 2.75) is 6.92 Å². The number of nitrogen functional groups attached to an aromatic ring is 1. The van der Waals surface area contributed by atoms with Crippen LogP contribution in [0.3, 0.4) is 0 Å². The van der Waals surface area contributed by atoms with Gasteiger partial charge in [0, 0.05) is 74.5 Å². The molecule has 13 nitrogen and oxygen atoms in total. The van der Waals surface area contributed by atoms with Crippen LogP contribution in [0.1, 0.15) is 26.4 Å². The molecule has 17 heteroatoms. The number of carbonyl (C=O) groups excluding carboxylic acids is 1. The lowest BCUT2D eigenvalue weighted by molar-refractivity contribution is 0.0696. The minimum atomic E-state index is -1.01. The molecule has 0 spiro atoms. The molecule has 0 radical (unpaired) electrons. The number of nitrogens with one attached hydrogen (secondary N) is 3. The summed E-state index contributed by atoms with van der Waals surface area (Å²) in [5, 5.41) is 19.0. The first-order valence-electron chi connectivity index (χ1n) is 16.6. The average Bonchev–Trinajstić information content (AvgIpc) is 3.16. The van der Waals surface area contributed by atoms with E-state index in [-0.39, 0.29) is 16.5 Å². The summed E-state index contributed by atoms with van der Waals surface area (Å²) in [5.41, 5.74) is 10.2. The summed E-state index contributed by atoms with van der Waals surface area (Å²) in [6.45, 7) is 1.92. The molecule has 0 saturated heterocycles. The van der Waals surface area contributed by atoms with Gasteiger partial charge in [0.15, 0.2) is 0 Å². The highest BCUT2D eigenvalue weighted by Crippen LogP contribution is 2.25. The SMILES string of the molecule is CN(C)c1ccnc(Nc2ccc(N)cc2)n1.Cc1cc(N(C)C)nc(Nc2ccc(NC(=O)c3ccc(Cl)c(Cl)c3)cc2)n1.O=C(O)c1ccc(Cl)c(Cl)c1. The molecule has 290 valence electrons. The maximum absolute atomic E-state index is 12.3. The molecule has 56 heavy (non-hydrogen) atoms. The second-order valence-electron chi connectivity index (χ2n) is 12.2. The van der Waals surface area contributed by atoms with Gasteiger partial charge < -0.3 is 36.6 Å². The molecule has 2 heterocycles. The van der Waals surface area contributed by atoms with Crippen molar-refractivity contribution in [3.63, 3.8) is 0 Å². The van der Waals surface area contributed by atoms with Crippen LogP contribution in [-0.2, 0) is 0 Å². The van der Waals surface area contributed by atoms with Crippen LogP contribution in [0, 0.1) is 6.92 Å².